The van der Waals surface area contributed by atoms with Crippen LogP contribution >= 0.6 is 0 Å². The molecule has 3 aromatic heterocycles. The molecule has 11 rings (SSSR count). The van der Waals surface area contributed by atoms with E-state index in [0.717, 1.165) is 32.5 Å². The van der Waals surface area contributed by atoms with Gasteiger partial charge in [-0.3, -0.25) is 0 Å². The van der Waals surface area contributed by atoms with Crippen molar-refractivity contribution in [1.82, 2.24) is 19.5 Å². The van der Waals surface area contributed by atoms with Gasteiger partial charge in [0.2, 0.25) is 0 Å². The Balaban J connectivity index is 1.20. The Bertz CT molecular complexity index is 3890. The van der Waals surface area contributed by atoms with Gasteiger partial charge >= 0.3 is 0 Å². The molecule has 0 aliphatic carbocycles. The van der Waals surface area contributed by atoms with Gasteiger partial charge in [-0.05, 0) is 64.6 Å². The highest BCUT2D eigenvalue weighted by Gasteiger charge is 2.20. The van der Waals surface area contributed by atoms with E-state index in [1.807, 2.05) is 97.1 Å². The standard InChI is InChI=1S/C51H32N4O/c1-3-14-33(15-4-1)34-26-28-35(29-27-34)49-52-50(54-51(53-49)42-22-13-25-47-48(42)41-21-10-12-24-46(41)56-47)40-20-8-7-18-38(40)36-30-31-45-43(32-36)39-19-9-11-23-44(39)55(45)37-16-5-2-6-17-37/h1-32H/i2D,5D,9D,11D,16D,17D,19D,23D,30D,31D,32D. The van der Waals surface area contributed by atoms with Crippen LogP contribution in [0.2, 0.25) is 0 Å². The van der Waals surface area contributed by atoms with E-state index in [9.17, 15) is 4.11 Å². The Morgan fingerprint density at radius 1 is 0.411 bits per heavy atom. The quantitative estimate of drug-likeness (QED) is 0.171. The summed E-state index contributed by atoms with van der Waals surface area (Å²) in [4.78, 5) is 15.2. The summed E-state index contributed by atoms with van der Waals surface area (Å²) in [5.74, 6) is 0.826. The second-order valence-corrected chi connectivity index (χ2v) is 13.1. The third-order valence-electron chi connectivity index (χ3n) is 9.88. The van der Waals surface area contributed by atoms with Crippen LogP contribution in [0.5, 0.6) is 0 Å². The summed E-state index contributed by atoms with van der Waals surface area (Å²) in [6.07, 6.45) is 0. The predicted molar refractivity (Wildman–Crippen MR) is 229 cm³/mol. The fourth-order valence-electron chi connectivity index (χ4n) is 7.31. The first-order chi connectivity index (χ1) is 32.3. The molecular formula is C51H32N4O. The van der Waals surface area contributed by atoms with Crippen LogP contribution < -0.4 is 0 Å². The maximum Gasteiger partial charge on any atom is 0.164 e. The van der Waals surface area contributed by atoms with Crippen molar-refractivity contribution >= 4 is 43.7 Å². The van der Waals surface area contributed by atoms with Gasteiger partial charge < -0.3 is 8.98 Å². The van der Waals surface area contributed by atoms with Crippen LogP contribution in [0.1, 0.15) is 15.1 Å². The molecule has 8 aromatic carbocycles. The average molecular weight is 728 g/mol. The predicted octanol–water partition coefficient (Wildman–Crippen LogP) is 13.2. The van der Waals surface area contributed by atoms with Gasteiger partial charge in [0.1, 0.15) is 11.2 Å². The number of hydrogen-bond acceptors (Lipinski definition) is 4. The second kappa shape index (κ2) is 13.0. The van der Waals surface area contributed by atoms with E-state index in [1.54, 1.807) is 24.3 Å². The lowest BCUT2D eigenvalue weighted by Crippen LogP contribution is -2.01. The van der Waals surface area contributed by atoms with Crippen LogP contribution in [0.3, 0.4) is 0 Å². The van der Waals surface area contributed by atoms with E-state index < -0.39 is 60.4 Å². The lowest BCUT2D eigenvalue weighted by atomic mass is 9.97. The van der Waals surface area contributed by atoms with E-state index in [4.69, 9.17) is 30.3 Å². The number of benzene rings is 8. The molecule has 0 atom stereocenters. The molecule has 0 bridgehead atoms. The number of furan rings is 1. The summed E-state index contributed by atoms with van der Waals surface area (Å²) < 4.78 is 106. The van der Waals surface area contributed by atoms with Crippen LogP contribution in [0.25, 0.3) is 106 Å². The minimum Gasteiger partial charge on any atom is -0.456 e. The van der Waals surface area contributed by atoms with E-state index >= 15 is 0 Å². The van der Waals surface area contributed by atoms with Gasteiger partial charge in [0.25, 0.3) is 0 Å². The zero-order chi connectivity index (χ0) is 46.6. The molecule has 56 heavy (non-hydrogen) atoms. The van der Waals surface area contributed by atoms with Gasteiger partial charge in [0, 0.05) is 43.9 Å². The summed E-state index contributed by atoms with van der Waals surface area (Å²) in [5.41, 5.74) is 4.50. The summed E-state index contributed by atoms with van der Waals surface area (Å²) in [7, 11) is 0. The summed E-state index contributed by atoms with van der Waals surface area (Å²) in [5, 5.41) is 1.37. The Kier molecular flexibility index (Phi) is 5.25. The maximum absolute atomic E-state index is 9.91. The van der Waals surface area contributed by atoms with Gasteiger partial charge in [0.05, 0.1) is 26.1 Å². The third kappa shape index (κ3) is 5.29. The highest BCUT2D eigenvalue weighted by atomic mass is 16.3. The molecule has 0 radical (unpaired) electrons. The molecule has 0 spiro atoms. The van der Waals surface area contributed by atoms with Crippen molar-refractivity contribution in [2.45, 2.75) is 0 Å². The molecule has 0 saturated heterocycles. The number of para-hydroxylation sites is 3. The van der Waals surface area contributed by atoms with Gasteiger partial charge in [-0.15, -0.1) is 0 Å². The molecule has 0 N–H and O–H groups in total. The molecule has 0 saturated carbocycles. The lowest BCUT2D eigenvalue weighted by molar-refractivity contribution is 0.669. The first-order valence-electron chi connectivity index (χ1n) is 23.4. The first-order valence-corrected chi connectivity index (χ1v) is 17.9. The van der Waals surface area contributed by atoms with Gasteiger partial charge in [-0.25, -0.2) is 15.0 Å². The highest BCUT2D eigenvalue weighted by Crippen LogP contribution is 2.40. The van der Waals surface area contributed by atoms with Crippen LogP contribution in [-0.4, -0.2) is 19.5 Å². The summed E-state index contributed by atoms with van der Waals surface area (Å²) in [6, 6.07) is 33.4. The van der Waals surface area contributed by atoms with Crippen LogP contribution in [-0.2, 0) is 0 Å². The average Bonchev–Trinajstić information content (AvgIpc) is 3.91. The number of nitrogens with zero attached hydrogens (tertiary/aromatic N) is 4. The largest absolute Gasteiger partial charge is 0.456 e. The Morgan fingerprint density at radius 2 is 1.07 bits per heavy atom. The molecule has 0 fully saturated rings. The molecule has 5 heteroatoms. The Labute approximate surface area is 338 Å². The fourth-order valence-corrected chi connectivity index (χ4v) is 7.31. The van der Waals surface area contributed by atoms with Crippen LogP contribution in [0.4, 0.5) is 0 Å². The first kappa shape index (κ1) is 22.6. The zero-order valence-corrected chi connectivity index (χ0v) is 29.3. The van der Waals surface area contributed by atoms with Crippen molar-refractivity contribution in [2.24, 2.45) is 0 Å². The van der Waals surface area contributed by atoms with Crippen LogP contribution in [0, 0.1) is 0 Å². The van der Waals surface area contributed by atoms with Crippen molar-refractivity contribution < 1.29 is 19.5 Å². The lowest BCUT2D eigenvalue weighted by Gasteiger charge is -2.13. The molecule has 0 unspecified atom stereocenters. The van der Waals surface area contributed by atoms with Crippen molar-refractivity contribution in [3.63, 3.8) is 0 Å². The van der Waals surface area contributed by atoms with Gasteiger partial charge in [0.15, 0.2) is 17.5 Å². The maximum atomic E-state index is 9.91. The topological polar surface area (TPSA) is 56.7 Å². The van der Waals surface area contributed by atoms with Crippen molar-refractivity contribution in [3.05, 3.63) is 194 Å². The molecule has 5 nitrogen and oxygen atoms in total. The number of rotatable bonds is 6. The van der Waals surface area contributed by atoms with E-state index in [1.165, 1.54) is 0 Å². The third-order valence-corrected chi connectivity index (χ3v) is 9.88. The number of aromatic nitrogens is 4. The number of fused-ring (bicyclic) bond motifs is 6. The van der Waals surface area contributed by atoms with Crippen LogP contribution in [0.15, 0.2) is 198 Å². The Morgan fingerprint density at radius 3 is 1.96 bits per heavy atom. The fraction of sp³-hybridized carbons (Fsp3) is 0. The smallest absolute Gasteiger partial charge is 0.164 e. The molecule has 3 heterocycles. The molecule has 11 aromatic rings. The van der Waals surface area contributed by atoms with E-state index in [-0.39, 0.29) is 50.5 Å². The molecule has 262 valence electrons. The molecule has 0 aliphatic heterocycles. The molecule has 0 aliphatic rings. The van der Waals surface area contributed by atoms with Crippen molar-refractivity contribution in [3.8, 4) is 62.1 Å². The number of hydrogen-bond donors (Lipinski definition) is 0. The molecular weight excluding hydrogens is 685 g/mol. The van der Waals surface area contributed by atoms with Crippen molar-refractivity contribution in [2.75, 3.05) is 0 Å². The van der Waals surface area contributed by atoms with E-state index in [2.05, 4.69) is 0 Å². The van der Waals surface area contributed by atoms with E-state index in [0.29, 0.717) is 39.5 Å². The SMILES string of the molecule is [2H]c1cc([2H])c(-n2c3c([2H])c([2H])c([2H])c([2H])c3c3c([2H])c(-c4ccccc4-c4nc(-c5ccc(-c6ccccc6)cc5)nc(-c5cccc6oc7ccccc7c56)n4)c([2H])c([2H])c32)c([2H])c1[2H]. The monoisotopic (exact) mass is 727 g/mol. The minimum atomic E-state index is -0.632. The van der Waals surface area contributed by atoms with Crippen molar-refractivity contribution in [1.29, 1.82) is 0 Å². The van der Waals surface area contributed by atoms with Gasteiger partial charge in [-0.2, -0.15) is 0 Å². The normalized spacial score (nSPS) is 14.3. The zero-order valence-electron chi connectivity index (χ0n) is 40.3. The summed E-state index contributed by atoms with van der Waals surface area (Å²) >= 11 is 0. The molecule has 0 amide bonds. The van der Waals surface area contributed by atoms with Gasteiger partial charge in [-0.1, -0.05) is 152 Å². The second-order valence-electron chi connectivity index (χ2n) is 13.1. The minimum absolute atomic E-state index is 0.0573. The summed E-state index contributed by atoms with van der Waals surface area (Å²) in [6.45, 7) is 0. The highest BCUT2D eigenvalue weighted by molar-refractivity contribution is 6.12. The Hall–Kier alpha value is -7.63.